The molecule has 3 fully saturated rings. The van der Waals surface area contributed by atoms with Crippen molar-refractivity contribution in [3.63, 3.8) is 0 Å². The molecular weight excluding hydrogens is 212 g/mol. The van der Waals surface area contributed by atoms with Gasteiger partial charge >= 0.3 is 0 Å². The number of hydrogen-bond donors (Lipinski definition) is 1. The van der Waals surface area contributed by atoms with Gasteiger partial charge in [0.1, 0.15) is 0 Å². The minimum atomic E-state index is 0.310. The molecule has 2 atom stereocenters. The molecule has 1 unspecified atom stereocenters. The van der Waals surface area contributed by atoms with E-state index in [9.17, 15) is 0 Å². The second kappa shape index (κ2) is 4.87. The van der Waals surface area contributed by atoms with Gasteiger partial charge in [0.15, 0.2) is 0 Å². The lowest BCUT2D eigenvalue weighted by Crippen LogP contribution is -2.51. The highest BCUT2D eigenvalue weighted by Crippen LogP contribution is 2.43. The highest BCUT2D eigenvalue weighted by molar-refractivity contribution is 4.93. The molecule has 3 heteroatoms. The molecule has 2 saturated heterocycles. The van der Waals surface area contributed by atoms with E-state index in [-0.39, 0.29) is 0 Å². The van der Waals surface area contributed by atoms with E-state index in [0.29, 0.717) is 17.7 Å². The summed E-state index contributed by atoms with van der Waals surface area (Å²) >= 11 is 0. The molecule has 0 bridgehead atoms. The van der Waals surface area contributed by atoms with Crippen LogP contribution >= 0.6 is 0 Å². The third kappa shape index (κ3) is 2.67. The van der Waals surface area contributed by atoms with Crippen LogP contribution in [0, 0.1) is 0 Å². The summed E-state index contributed by atoms with van der Waals surface area (Å²) in [5, 5.41) is 3.50. The van der Waals surface area contributed by atoms with E-state index >= 15 is 0 Å². The zero-order valence-corrected chi connectivity index (χ0v) is 11.1. The predicted molar refractivity (Wildman–Crippen MR) is 69.2 cm³/mol. The van der Waals surface area contributed by atoms with Gasteiger partial charge in [0.2, 0.25) is 0 Å². The van der Waals surface area contributed by atoms with Gasteiger partial charge in [0.05, 0.1) is 11.7 Å². The molecule has 3 aliphatic rings. The van der Waals surface area contributed by atoms with Crippen LogP contribution in [0.15, 0.2) is 0 Å². The number of ether oxygens (including phenoxy) is 1. The smallest absolute Gasteiger partial charge is 0.0710 e. The van der Waals surface area contributed by atoms with E-state index < -0.39 is 0 Å². The van der Waals surface area contributed by atoms with Crippen LogP contribution < -0.4 is 5.32 Å². The lowest BCUT2D eigenvalue weighted by atomic mass is 9.98. The van der Waals surface area contributed by atoms with E-state index in [0.717, 1.165) is 13.1 Å². The molecule has 3 nitrogen and oxygen atoms in total. The molecule has 1 saturated carbocycles. The Morgan fingerprint density at radius 1 is 1.29 bits per heavy atom. The quantitative estimate of drug-likeness (QED) is 0.793. The van der Waals surface area contributed by atoms with E-state index in [2.05, 4.69) is 17.1 Å². The first kappa shape index (κ1) is 11.9. The standard InChI is InChI=1S/C14H26N2O/c1-12-10-16(9-8-15-12)11-13-4-7-14(17-13)5-2-3-6-14/h12-13,15H,2-11H2,1H3/t12-,13?/m0/s1. The Morgan fingerprint density at radius 3 is 2.88 bits per heavy atom. The highest BCUT2D eigenvalue weighted by Gasteiger charge is 2.42. The number of piperazine rings is 1. The second-order valence-corrected chi connectivity index (χ2v) is 6.28. The SMILES string of the molecule is C[C@H]1CN(CC2CCC3(CCCC3)O2)CCN1. The van der Waals surface area contributed by atoms with Crippen LogP contribution in [-0.4, -0.2) is 48.8 Å². The van der Waals surface area contributed by atoms with Crippen molar-refractivity contribution in [3.05, 3.63) is 0 Å². The Kier molecular flexibility index (Phi) is 3.42. The van der Waals surface area contributed by atoms with E-state index in [1.165, 1.54) is 51.6 Å². The molecule has 1 aliphatic carbocycles. The Bertz CT molecular complexity index is 263. The summed E-state index contributed by atoms with van der Waals surface area (Å²) in [6.45, 7) is 6.96. The summed E-state index contributed by atoms with van der Waals surface area (Å²) in [5.74, 6) is 0. The van der Waals surface area contributed by atoms with Crippen molar-refractivity contribution in [3.8, 4) is 0 Å². The van der Waals surface area contributed by atoms with Crippen LogP contribution in [0.1, 0.15) is 45.4 Å². The summed E-state index contributed by atoms with van der Waals surface area (Å²) in [5.41, 5.74) is 0.310. The molecule has 0 amide bonds. The molecule has 0 aromatic heterocycles. The summed E-state index contributed by atoms with van der Waals surface area (Å²) in [7, 11) is 0. The van der Waals surface area contributed by atoms with Gasteiger partial charge in [-0.1, -0.05) is 12.8 Å². The lowest BCUT2D eigenvalue weighted by Gasteiger charge is -2.34. The first-order chi connectivity index (χ1) is 8.26. The molecule has 3 rings (SSSR count). The fraction of sp³-hybridized carbons (Fsp3) is 1.00. The molecule has 2 heterocycles. The minimum absolute atomic E-state index is 0.310. The van der Waals surface area contributed by atoms with Crippen LogP contribution in [0.5, 0.6) is 0 Å². The van der Waals surface area contributed by atoms with Crippen molar-refractivity contribution >= 4 is 0 Å². The molecule has 0 aromatic carbocycles. The minimum Gasteiger partial charge on any atom is -0.370 e. The van der Waals surface area contributed by atoms with Crippen LogP contribution in [0.2, 0.25) is 0 Å². The van der Waals surface area contributed by atoms with Crippen molar-refractivity contribution in [2.45, 2.75) is 63.2 Å². The van der Waals surface area contributed by atoms with Gasteiger partial charge in [0.25, 0.3) is 0 Å². The molecular formula is C14H26N2O. The zero-order chi connectivity index (χ0) is 11.7. The normalized spacial score (nSPS) is 37.9. The van der Waals surface area contributed by atoms with E-state index in [1.807, 2.05) is 0 Å². The average Bonchev–Trinajstić information content (AvgIpc) is 2.90. The summed E-state index contributed by atoms with van der Waals surface area (Å²) in [6.07, 6.45) is 8.54. The predicted octanol–water partition coefficient (Wildman–Crippen LogP) is 1.77. The van der Waals surface area contributed by atoms with Crippen LogP contribution in [0.3, 0.4) is 0 Å². The maximum absolute atomic E-state index is 6.39. The fourth-order valence-corrected chi connectivity index (χ4v) is 3.88. The van der Waals surface area contributed by atoms with E-state index in [1.54, 1.807) is 0 Å². The summed E-state index contributed by atoms with van der Waals surface area (Å²) in [6, 6.07) is 0.644. The monoisotopic (exact) mass is 238 g/mol. The van der Waals surface area contributed by atoms with E-state index in [4.69, 9.17) is 4.74 Å². The summed E-state index contributed by atoms with van der Waals surface area (Å²) < 4.78 is 6.39. The second-order valence-electron chi connectivity index (χ2n) is 6.28. The van der Waals surface area contributed by atoms with Crippen molar-refractivity contribution in [2.24, 2.45) is 0 Å². The van der Waals surface area contributed by atoms with Crippen LogP contribution in [0.25, 0.3) is 0 Å². The maximum Gasteiger partial charge on any atom is 0.0710 e. The summed E-state index contributed by atoms with van der Waals surface area (Å²) in [4.78, 5) is 2.58. The topological polar surface area (TPSA) is 24.5 Å². The van der Waals surface area contributed by atoms with Crippen molar-refractivity contribution in [2.75, 3.05) is 26.2 Å². The number of nitrogens with zero attached hydrogens (tertiary/aromatic N) is 1. The van der Waals surface area contributed by atoms with Crippen molar-refractivity contribution < 1.29 is 4.74 Å². The zero-order valence-electron chi connectivity index (χ0n) is 11.1. The first-order valence-electron chi connectivity index (χ1n) is 7.39. The Morgan fingerprint density at radius 2 is 2.12 bits per heavy atom. The number of hydrogen-bond acceptors (Lipinski definition) is 3. The number of rotatable bonds is 2. The van der Waals surface area contributed by atoms with Gasteiger partial charge in [-0.2, -0.15) is 0 Å². The maximum atomic E-state index is 6.39. The third-order valence-corrected chi connectivity index (χ3v) is 4.77. The molecule has 0 radical (unpaired) electrons. The van der Waals surface area contributed by atoms with Gasteiger partial charge < -0.3 is 10.1 Å². The highest BCUT2D eigenvalue weighted by atomic mass is 16.5. The molecule has 98 valence electrons. The van der Waals surface area contributed by atoms with Crippen molar-refractivity contribution in [1.29, 1.82) is 0 Å². The molecule has 1 N–H and O–H groups in total. The molecule has 17 heavy (non-hydrogen) atoms. The van der Waals surface area contributed by atoms with Gasteiger partial charge in [-0.25, -0.2) is 0 Å². The van der Waals surface area contributed by atoms with Gasteiger partial charge in [-0.15, -0.1) is 0 Å². The molecule has 2 aliphatic heterocycles. The van der Waals surface area contributed by atoms with Gasteiger partial charge in [-0.05, 0) is 32.6 Å². The molecule has 0 aromatic rings. The fourth-order valence-electron chi connectivity index (χ4n) is 3.88. The average molecular weight is 238 g/mol. The van der Waals surface area contributed by atoms with Crippen LogP contribution in [0.4, 0.5) is 0 Å². The molecule has 1 spiro atoms. The Labute approximate surface area is 105 Å². The Balaban J connectivity index is 1.50. The first-order valence-corrected chi connectivity index (χ1v) is 7.39. The largest absolute Gasteiger partial charge is 0.370 e. The van der Waals surface area contributed by atoms with Crippen LogP contribution in [-0.2, 0) is 4.74 Å². The van der Waals surface area contributed by atoms with Gasteiger partial charge in [-0.3, -0.25) is 4.90 Å². The third-order valence-electron chi connectivity index (χ3n) is 4.77. The van der Waals surface area contributed by atoms with Gasteiger partial charge in [0, 0.05) is 32.2 Å². The number of nitrogens with one attached hydrogen (secondary N) is 1. The Hall–Kier alpha value is -0.120. The lowest BCUT2D eigenvalue weighted by molar-refractivity contribution is -0.0491. The van der Waals surface area contributed by atoms with Crippen molar-refractivity contribution in [1.82, 2.24) is 10.2 Å².